The van der Waals surface area contributed by atoms with Crippen LogP contribution in [0.3, 0.4) is 0 Å². The summed E-state index contributed by atoms with van der Waals surface area (Å²) < 4.78 is 0. The first kappa shape index (κ1) is 11.8. The number of nitrogens with two attached hydrogens (primary N) is 1. The molecule has 1 aliphatic heterocycles. The summed E-state index contributed by atoms with van der Waals surface area (Å²) in [5.74, 6) is 1.17. The zero-order chi connectivity index (χ0) is 12.5. The monoisotopic (exact) mass is 243 g/mol. The molecule has 3 nitrogen and oxygen atoms in total. The molecule has 2 heterocycles. The van der Waals surface area contributed by atoms with Gasteiger partial charge in [0.25, 0.3) is 0 Å². The van der Waals surface area contributed by atoms with Crippen LogP contribution < -0.4 is 5.73 Å². The van der Waals surface area contributed by atoms with Crippen molar-refractivity contribution in [1.82, 2.24) is 9.88 Å². The first-order valence-corrected chi connectivity index (χ1v) is 6.74. The van der Waals surface area contributed by atoms with Crippen molar-refractivity contribution in [2.45, 2.75) is 12.3 Å². The van der Waals surface area contributed by atoms with Gasteiger partial charge >= 0.3 is 0 Å². The Kier molecular flexibility index (Phi) is 3.10. The number of hydrogen-bond acceptors (Lipinski definition) is 2. The molecular weight excluding hydrogens is 222 g/mol. The maximum Gasteiger partial charge on any atom is 0.0456 e. The average molecular weight is 243 g/mol. The Balaban J connectivity index is 1.98. The summed E-state index contributed by atoms with van der Waals surface area (Å²) in [5, 5.41) is 1.37. The summed E-state index contributed by atoms with van der Waals surface area (Å²) in [7, 11) is 2.19. The van der Waals surface area contributed by atoms with Gasteiger partial charge in [0.1, 0.15) is 0 Å². The SMILES string of the molecule is CN1CCC(c2c[nH]c3ccccc23)C(CN)C1. The van der Waals surface area contributed by atoms with E-state index in [1.165, 1.54) is 29.4 Å². The Morgan fingerprint density at radius 3 is 3.06 bits per heavy atom. The smallest absolute Gasteiger partial charge is 0.0456 e. The second kappa shape index (κ2) is 4.75. The molecule has 18 heavy (non-hydrogen) atoms. The van der Waals surface area contributed by atoms with E-state index in [2.05, 4.69) is 47.4 Å². The molecule has 1 fully saturated rings. The van der Waals surface area contributed by atoms with Crippen LogP contribution in [0, 0.1) is 5.92 Å². The van der Waals surface area contributed by atoms with E-state index in [9.17, 15) is 0 Å². The molecule has 0 spiro atoms. The van der Waals surface area contributed by atoms with E-state index in [1.54, 1.807) is 0 Å². The van der Waals surface area contributed by atoms with Gasteiger partial charge in [0.05, 0.1) is 0 Å². The molecule has 2 atom stereocenters. The fourth-order valence-corrected chi connectivity index (χ4v) is 3.26. The number of hydrogen-bond donors (Lipinski definition) is 2. The largest absolute Gasteiger partial charge is 0.361 e. The van der Waals surface area contributed by atoms with Crippen LogP contribution in [0.1, 0.15) is 17.9 Å². The van der Waals surface area contributed by atoms with Crippen LogP contribution in [0.15, 0.2) is 30.5 Å². The number of rotatable bonds is 2. The summed E-state index contributed by atoms with van der Waals surface area (Å²) in [6.07, 6.45) is 3.39. The number of aromatic nitrogens is 1. The number of likely N-dealkylation sites (tertiary alicyclic amines) is 1. The van der Waals surface area contributed by atoms with E-state index in [0.717, 1.165) is 13.1 Å². The molecule has 1 saturated heterocycles. The minimum Gasteiger partial charge on any atom is -0.361 e. The van der Waals surface area contributed by atoms with Gasteiger partial charge in [-0.2, -0.15) is 0 Å². The lowest BCUT2D eigenvalue weighted by molar-refractivity contribution is 0.189. The summed E-state index contributed by atoms with van der Waals surface area (Å²) in [6.45, 7) is 3.05. The third kappa shape index (κ3) is 1.93. The van der Waals surface area contributed by atoms with E-state index in [-0.39, 0.29) is 0 Å². The van der Waals surface area contributed by atoms with Crippen LogP contribution >= 0.6 is 0 Å². The number of nitrogens with one attached hydrogen (secondary N) is 1. The number of para-hydroxylation sites is 1. The molecule has 1 aliphatic rings. The average Bonchev–Trinajstić information content (AvgIpc) is 2.82. The summed E-state index contributed by atoms with van der Waals surface area (Å²) in [4.78, 5) is 5.78. The quantitative estimate of drug-likeness (QED) is 0.849. The van der Waals surface area contributed by atoms with Crippen LogP contribution in [-0.2, 0) is 0 Å². The van der Waals surface area contributed by atoms with Crippen molar-refractivity contribution in [3.63, 3.8) is 0 Å². The van der Waals surface area contributed by atoms with Gasteiger partial charge in [-0.1, -0.05) is 18.2 Å². The van der Waals surface area contributed by atoms with Gasteiger partial charge in [-0.3, -0.25) is 0 Å². The van der Waals surface area contributed by atoms with Crippen molar-refractivity contribution < 1.29 is 0 Å². The van der Waals surface area contributed by atoms with Crippen LogP contribution in [0.4, 0.5) is 0 Å². The zero-order valence-electron chi connectivity index (χ0n) is 10.9. The summed E-state index contributed by atoms with van der Waals surface area (Å²) in [6, 6.07) is 8.56. The van der Waals surface area contributed by atoms with Gasteiger partial charge in [0.15, 0.2) is 0 Å². The topological polar surface area (TPSA) is 45.0 Å². The maximum atomic E-state index is 5.97. The van der Waals surface area contributed by atoms with Gasteiger partial charge in [0, 0.05) is 23.6 Å². The Bertz CT molecular complexity index is 531. The minimum atomic E-state index is 0.572. The van der Waals surface area contributed by atoms with E-state index in [4.69, 9.17) is 5.73 Å². The van der Waals surface area contributed by atoms with Crippen molar-refractivity contribution in [3.05, 3.63) is 36.0 Å². The minimum absolute atomic E-state index is 0.572. The molecule has 2 aromatic rings. The third-order valence-electron chi connectivity index (χ3n) is 4.26. The Hall–Kier alpha value is -1.32. The summed E-state index contributed by atoms with van der Waals surface area (Å²) in [5.41, 5.74) is 8.66. The lowest BCUT2D eigenvalue weighted by Gasteiger charge is -2.36. The third-order valence-corrected chi connectivity index (χ3v) is 4.26. The van der Waals surface area contributed by atoms with Crippen molar-refractivity contribution >= 4 is 10.9 Å². The van der Waals surface area contributed by atoms with E-state index in [1.807, 2.05) is 0 Å². The number of H-pyrrole nitrogens is 1. The molecule has 3 rings (SSSR count). The van der Waals surface area contributed by atoms with Crippen LogP contribution in [-0.4, -0.2) is 36.6 Å². The van der Waals surface area contributed by atoms with Crippen molar-refractivity contribution in [2.75, 3.05) is 26.7 Å². The number of fused-ring (bicyclic) bond motifs is 1. The van der Waals surface area contributed by atoms with E-state index < -0.39 is 0 Å². The highest BCUT2D eigenvalue weighted by Crippen LogP contribution is 2.35. The predicted octanol–water partition coefficient (Wildman–Crippen LogP) is 2.16. The number of piperidine rings is 1. The number of benzene rings is 1. The molecule has 0 radical (unpaired) electrons. The number of aromatic amines is 1. The van der Waals surface area contributed by atoms with Crippen molar-refractivity contribution in [3.8, 4) is 0 Å². The Morgan fingerprint density at radius 2 is 2.22 bits per heavy atom. The van der Waals surface area contributed by atoms with Crippen LogP contribution in [0.5, 0.6) is 0 Å². The zero-order valence-corrected chi connectivity index (χ0v) is 10.9. The van der Waals surface area contributed by atoms with Gasteiger partial charge in [-0.05, 0) is 50.0 Å². The highest BCUT2D eigenvalue weighted by atomic mass is 15.1. The van der Waals surface area contributed by atoms with Gasteiger partial charge in [-0.15, -0.1) is 0 Å². The van der Waals surface area contributed by atoms with E-state index >= 15 is 0 Å². The molecule has 96 valence electrons. The molecule has 0 aliphatic carbocycles. The maximum absolute atomic E-state index is 5.97. The van der Waals surface area contributed by atoms with Crippen molar-refractivity contribution in [1.29, 1.82) is 0 Å². The standard InChI is InChI=1S/C15H21N3/c1-18-7-6-12(11(8-16)10-18)14-9-17-15-5-3-2-4-13(14)15/h2-5,9,11-12,17H,6-8,10,16H2,1H3. The highest BCUT2D eigenvalue weighted by molar-refractivity contribution is 5.83. The second-order valence-electron chi connectivity index (χ2n) is 5.44. The lowest BCUT2D eigenvalue weighted by Crippen LogP contribution is -2.40. The van der Waals surface area contributed by atoms with E-state index in [0.29, 0.717) is 11.8 Å². The molecule has 3 heteroatoms. The summed E-state index contributed by atoms with van der Waals surface area (Å²) >= 11 is 0. The van der Waals surface area contributed by atoms with Gasteiger partial charge in [-0.25, -0.2) is 0 Å². The molecule has 2 unspecified atom stereocenters. The highest BCUT2D eigenvalue weighted by Gasteiger charge is 2.29. The molecule has 1 aromatic carbocycles. The fourth-order valence-electron chi connectivity index (χ4n) is 3.26. The normalized spacial score (nSPS) is 25.7. The predicted molar refractivity (Wildman–Crippen MR) is 75.7 cm³/mol. The molecule has 0 saturated carbocycles. The lowest BCUT2D eigenvalue weighted by atomic mass is 9.80. The van der Waals surface area contributed by atoms with Gasteiger partial charge in [0.2, 0.25) is 0 Å². The second-order valence-corrected chi connectivity index (χ2v) is 5.44. The number of nitrogens with zero attached hydrogens (tertiary/aromatic N) is 1. The van der Waals surface area contributed by atoms with Crippen molar-refractivity contribution in [2.24, 2.45) is 11.7 Å². The molecule has 3 N–H and O–H groups in total. The Labute approximate surface area is 108 Å². The van der Waals surface area contributed by atoms with Crippen LogP contribution in [0.2, 0.25) is 0 Å². The molecule has 0 amide bonds. The van der Waals surface area contributed by atoms with Crippen LogP contribution in [0.25, 0.3) is 10.9 Å². The molecule has 1 aromatic heterocycles. The first-order valence-electron chi connectivity index (χ1n) is 6.74. The Morgan fingerprint density at radius 1 is 1.39 bits per heavy atom. The fraction of sp³-hybridized carbons (Fsp3) is 0.467. The molecule has 0 bridgehead atoms. The first-order chi connectivity index (χ1) is 8.79. The van der Waals surface area contributed by atoms with Gasteiger partial charge < -0.3 is 15.6 Å². The molecular formula is C15H21N3.